The quantitative estimate of drug-likeness (QED) is 0.492. The Labute approximate surface area is 103 Å². The van der Waals surface area contributed by atoms with Crippen molar-refractivity contribution in [1.29, 1.82) is 0 Å². The van der Waals surface area contributed by atoms with E-state index in [1.54, 1.807) is 30.7 Å². The number of benzene rings is 1. The first-order chi connectivity index (χ1) is 8.72. The summed E-state index contributed by atoms with van der Waals surface area (Å²) >= 11 is 0. The molecule has 0 bridgehead atoms. The third-order valence-corrected chi connectivity index (χ3v) is 2.40. The van der Waals surface area contributed by atoms with Gasteiger partial charge in [0.15, 0.2) is 0 Å². The van der Waals surface area contributed by atoms with Gasteiger partial charge in [-0.15, -0.1) is 0 Å². The topological polar surface area (TPSA) is 95.3 Å². The van der Waals surface area contributed by atoms with Crippen LogP contribution in [-0.2, 0) is 4.79 Å². The molecular weight excluding hydrogens is 233 g/mol. The molecule has 0 saturated heterocycles. The van der Waals surface area contributed by atoms with E-state index in [4.69, 9.17) is 10.0 Å². The Morgan fingerprint density at radius 3 is 2.72 bits per heavy atom. The number of carbonyl (C=O) groups is 1. The Hall–Kier alpha value is -2.25. The molecule has 0 atom stereocenters. The van der Waals surface area contributed by atoms with Gasteiger partial charge in [0.2, 0.25) is 6.41 Å². The van der Waals surface area contributed by atoms with Gasteiger partial charge in [-0.05, 0) is 6.07 Å². The van der Waals surface area contributed by atoms with E-state index in [1.807, 2.05) is 0 Å². The van der Waals surface area contributed by atoms with E-state index >= 15 is 0 Å². The number of carbonyl (C=O) groups excluding carboxylic acids is 1. The van der Waals surface area contributed by atoms with Crippen LogP contribution < -0.4 is 10.8 Å². The van der Waals surface area contributed by atoms with Gasteiger partial charge in [-0.1, -0.05) is 12.1 Å². The molecule has 7 heteroatoms. The Morgan fingerprint density at radius 2 is 2.11 bits per heavy atom. The minimum absolute atomic E-state index is 0.217. The van der Waals surface area contributed by atoms with Crippen LogP contribution in [0.15, 0.2) is 36.8 Å². The average Bonchev–Trinajstić information content (AvgIpc) is 2.40. The van der Waals surface area contributed by atoms with Crippen LogP contribution in [0.2, 0.25) is 0 Å². The summed E-state index contributed by atoms with van der Waals surface area (Å²) in [5.41, 5.74) is 1.89. The maximum Gasteiger partial charge on any atom is 0.490 e. The molecule has 0 aliphatic rings. The monoisotopic (exact) mass is 243 g/mol. The lowest BCUT2D eigenvalue weighted by molar-refractivity contribution is -0.105. The second-order valence-electron chi connectivity index (χ2n) is 3.53. The third-order valence-electron chi connectivity index (χ3n) is 2.40. The standard InChI is InChI=1S/C11H10BN3O3/c16-7-15-10-5-8(1-2-9(10)12(17)18)11-6-13-3-4-14-11/h1-7,17-18H,(H,15,16). The van der Waals surface area contributed by atoms with Gasteiger partial charge in [-0.2, -0.15) is 0 Å². The molecule has 1 heterocycles. The number of rotatable bonds is 4. The van der Waals surface area contributed by atoms with Crippen molar-refractivity contribution in [2.75, 3.05) is 5.32 Å². The molecule has 0 aliphatic carbocycles. The number of nitrogens with one attached hydrogen (secondary N) is 1. The molecule has 6 nitrogen and oxygen atoms in total. The Kier molecular flexibility index (Phi) is 3.66. The highest BCUT2D eigenvalue weighted by Crippen LogP contribution is 2.18. The highest BCUT2D eigenvalue weighted by atomic mass is 16.4. The normalized spacial score (nSPS) is 9.89. The number of amides is 1. The Bertz CT molecular complexity index is 548. The summed E-state index contributed by atoms with van der Waals surface area (Å²) in [6.07, 6.45) is 5.16. The second-order valence-corrected chi connectivity index (χ2v) is 3.53. The Balaban J connectivity index is 2.46. The van der Waals surface area contributed by atoms with E-state index in [-0.39, 0.29) is 5.46 Å². The summed E-state index contributed by atoms with van der Waals surface area (Å²) in [6.45, 7) is 0. The fourth-order valence-corrected chi connectivity index (χ4v) is 1.58. The van der Waals surface area contributed by atoms with Crippen molar-refractivity contribution in [3.05, 3.63) is 36.8 Å². The number of hydrogen-bond donors (Lipinski definition) is 3. The van der Waals surface area contributed by atoms with E-state index < -0.39 is 7.12 Å². The van der Waals surface area contributed by atoms with Crippen molar-refractivity contribution in [3.8, 4) is 11.3 Å². The second kappa shape index (κ2) is 5.39. The van der Waals surface area contributed by atoms with E-state index in [0.29, 0.717) is 17.8 Å². The van der Waals surface area contributed by atoms with Crippen LogP contribution in [0.5, 0.6) is 0 Å². The van der Waals surface area contributed by atoms with Gasteiger partial charge in [0.1, 0.15) is 0 Å². The minimum atomic E-state index is -1.65. The van der Waals surface area contributed by atoms with Gasteiger partial charge >= 0.3 is 7.12 Å². The van der Waals surface area contributed by atoms with Crippen LogP contribution in [0, 0.1) is 0 Å². The predicted octanol–water partition coefficient (Wildman–Crippen LogP) is -0.608. The maximum absolute atomic E-state index is 10.5. The number of aromatic nitrogens is 2. The van der Waals surface area contributed by atoms with Crippen molar-refractivity contribution >= 4 is 24.7 Å². The van der Waals surface area contributed by atoms with Gasteiger partial charge in [0.25, 0.3) is 0 Å². The largest absolute Gasteiger partial charge is 0.490 e. The number of anilines is 1. The summed E-state index contributed by atoms with van der Waals surface area (Å²) < 4.78 is 0. The van der Waals surface area contributed by atoms with E-state index in [0.717, 1.165) is 5.56 Å². The summed E-state index contributed by atoms with van der Waals surface area (Å²) in [5.74, 6) is 0. The zero-order valence-electron chi connectivity index (χ0n) is 9.32. The molecule has 2 aromatic rings. The molecule has 0 radical (unpaired) electrons. The molecule has 0 spiro atoms. The SMILES string of the molecule is O=CNc1cc(-c2cnccn2)ccc1B(O)O. The molecule has 1 aromatic heterocycles. The van der Waals surface area contributed by atoms with Crippen LogP contribution in [0.3, 0.4) is 0 Å². The molecular formula is C11H10BN3O3. The van der Waals surface area contributed by atoms with Crippen LogP contribution in [-0.4, -0.2) is 33.5 Å². The smallest absolute Gasteiger partial charge is 0.423 e. The molecule has 1 aromatic carbocycles. The molecule has 2 rings (SSSR count). The molecule has 18 heavy (non-hydrogen) atoms. The summed E-state index contributed by atoms with van der Waals surface area (Å²) in [7, 11) is -1.65. The Morgan fingerprint density at radius 1 is 1.28 bits per heavy atom. The molecule has 3 N–H and O–H groups in total. The fraction of sp³-hybridized carbons (Fsp3) is 0. The predicted molar refractivity (Wildman–Crippen MR) is 67.0 cm³/mol. The minimum Gasteiger partial charge on any atom is -0.423 e. The maximum atomic E-state index is 10.5. The first kappa shape index (κ1) is 12.2. The van der Waals surface area contributed by atoms with Crippen LogP contribution in [0.25, 0.3) is 11.3 Å². The van der Waals surface area contributed by atoms with Crippen LogP contribution in [0.1, 0.15) is 0 Å². The highest BCUT2D eigenvalue weighted by Gasteiger charge is 2.16. The molecule has 0 unspecified atom stereocenters. The third kappa shape index (κ3) is 2.53. The molecule has 0 fully saturated rings. The lowest BCUT2D eigenvalue weighted by Gasteiger charge is -2.09. The van der Waals surface area contributed by atoms with E-state index in [9.17, 15) is 4.79 Å². The van der Waals surface area contributed by atoms with Gasteiger partial charge in [0.05, 0.1) is 11.9 Å². The van der Waals surface area contributed by atoms with Crippen LogP contribution >= 0.6 is 0 Å². The van der Waals surface area contributed by atoms with Gasteiger partial charge in [0, 0.05) is 29.1 Å². The van der Waals surface area contributed by atoms with Gasteiger partial charge in [-0.3, -0.25) is 14.8 Å². The number of hydrogen-bond acceptors (Lipinski definition) is 5. The van der Waals surface area contributed by atoms with Crippen LogP contribution in [0.4, 0.5) is 5.69 Å². The van der Waals surface area contributed by atoms with Crippen molar-refractivity contribution in [2.45, 2.75) is 0 Å². The van der Waals surface area contributed by atoms with Crippen molar-refractivity contribution in [1.82, 2.24) is 9.97 Å². The van der Waals surface area contributed by atoms with Gasteiger partial charge < -0.3 is 15.4 Å². The highest BCUT2D eigenvalue weighted by molar-refractivity contribution is 6.60. The average molecular weight is 243 g/mol. The molecule has 90 valence electrons. The summed E-state index contributed by atoms with van der Waals surface area (Å²) in [6, 6.07) is 4.79. The summed E-state index contributed by atoms with van der Waals surface area (Å²) in [4.78, 5) is 18.6. The molecule has 1 amide bonds. The van der Waals surface area contributed by atoms with Crippen molar-refractivity contribution in [3.63, 3.8) is 0 Å². The van der Waals surface area contributed by atoms with Crippen molar-refractivity contribution < 1.29 is 14.8 Å². The molecule has 0 aliphatic heterocycles. The lowest BCUT2D eigenvalue weighted by Crippen LogP contribution is -2.32. The van der Waals surface area contributed by atoms with Crippen molar-refractivity contribution in [2.24, 2.45) is 0 Å². The zero-order valence-corrected chi connectivity index (χ0v) is 9.32. The first-order valence-corrected chi connectivity index (χ1v) is 5.19. The van der Waals surface area contributed by atoms with Gasteiger partial charge in [-0.25, -0.2) is 0 Å². The summed E-state index contributed by atoms with van der Waals surface area (Å²) in [5, 5.41) is 20.7. The first-order valence-electron chi connectivity index (χ1n) is 5.19. The lowest BCUT2D eigenvalue weighted by atomic mass is 9.78. The van der Waals surface area contributed by atoms with E-state index in [1.165, 1.54) is 6.07 Å². The van der Waals surface area contributed by atoms with E-state index in [2.05, 4.69) is 15.3 Å². The fourth-order valence-electron chi connectivity index (χ4n) is 1.58. The molecule has 0 saturated carbocycles. The zero-order chi connectivity index (χ0) is 13.0. The number of nitrogens with zero attached hydrogens (tertiary/aromatic N) is 2.